The Labute approximate surface area is 179 Å². The zero-order valence-corrected chi connectivity index (χ0v) is 19.9. The molecule has 0 amide bonds. The van der Waals surface area contributed by atoms with Crippen molar-refractivity contribution < 1.29 is 4.79 Å². The van der Waals surface area contributed by atoms with Gasteiger partial charge in [-0.3, -0.25) is 4.79 Å². The largest absolute Gasteiger partial charge is 0.300 e. The number of rotatable bonds is 4. The molecule has 2 fully saturated rings. The zero-order valence-electron chi connectivity index (χ0n) is 19.9. The minimum absolute atomic E-state index is 0.302. The van der Waals surface area contributed by atoms with Crippen molar-refractivity contribution in [2.45, 2.75) is 106 Å². The molecule has 4 aliphatic carbocycles. The Morgan fingerprint density at radius 2 is 1.90 bits per heavy atom. The summed E-state index contributed by atoms with van der Waals surface area (Å²) in [6, 6.07) is 0. The maximum atomic E-state index is 12.3. The number of fused-ring (bicyclic) bond motifs is 4. The highest BCUT2D eigenvalue weighted by atomic mass is 16.1. The Bertz CT molecular complexity index is 723. The van der Waals surface area contributed by atoms with Gasteiger partial charge in [0.15, 0.2) is 0 Å². The van der Waals surface area contributed by atoms with Crippen LogP contribution in [0, 0.1) is 40.4 Å². The summed E-state index contributed by atoms with van der Waals surface area (Å²) in [5, 5.41) is 0. The summed E-state index contributed by atoms with van der Waals surface area (Å²) in [4.78, 5) is 12.3. The van der Waals surface area contributed by atoms with Gasteiger partial charge in [-0.25, -0.2) is 0 Å². The average Bonchev–Trinajstić information content (AvgIpc) is 3.00. The molecule has 0 radical (unpaired) electrons. The van der Waals surface area contributed by atoms with Crippen molar-refractivity contribution in [3.8, 4) is 0 Å². The van der Waals surface area contributed by atoms with Gasteiger partial charge in [-0.2, -0.15) is 0 Å². The molecule has 0 aliphatic heterocycles. The first-order valence-corrected chi connectivity index (χ1v) is 12.5. The summed E-state index contributed by atoms with van der Waals surface area (Å²) >= 11 is 0. The quantitative estimate of drug-likeness (QED) is 0.441. The van der Waals surface area contributed by atoms with Crippen LogP contribution in [0.1, 0.15) is 106 Å². The highest BCUT2D eigenvalue weighted by Crippen LogP contribution is 2.66. The van der Waals surface area contributed by atoms with E-state index in [1.165, 1.54) is 56.9 Å². The zero-order chi connectivity index (χ0) is 21.0. The van der Waals surface area contributed by atoms with E-state index in [9.17, 15) is 4.79 Å². The number of allylic oxidation sites excluding steroid dienone is 4. The topological polar surface area (TPSA) is 17.1 Å². The van der Waals surface area contributed by atoms with E-state index in [1.54, 1.807) is 0 Å². The lowest BCUT2D eigenvalue weighted by Gasteiger charge is -2.56. The van der Waals surface area contributed by atoms with Gasteiger partial charge >= 0.3 is 0 Å². The van der Waals surface area contributed by atoms with E-state index < -0.39 is 0 Å². The number of ketones is 1. The van der Waals surface area contributed by atoms with Gasteiger partial charge in [0.1, 0.15) is 5.78 Å². The average molecular weight is 397 g/mol. The third kappa shape index (κ3) is 3.39. The van der Waals surface area contributed by atoms with Crippen LogP contribution in [0.5, 0.6) is 0 Å². The molecule has 162 valence electrons. The molecule has 0 aromatic carbocycles. The fraction of sp³-hybridized carbons (Fsp3) is 0.821. The monoisotopic (exact) mass is 396 g/mol. The predicted molar refractivity (Wildman–Crippen MR) is 123 cm³/mol. The summed E-state index contributed by atoms with van der Waals surface area (Å²) in [5.74, 6) is 4.22. The second-order valence-electron chi connectivity index (χ2n) is 11.9. The molecule has 0 spiro atoms. The van der Waals surface area contributed by atoms with E-state index in [1.807, 2.05) is 11.1 Å². The molecule has 0 heterocycles. The molecule has 0 N–H and O–H groups in total. The molecule has 0 saturated heterocycles. The Balaban J connectivity index is 1.59. The van der Waals surface area contributed by atoms with Crippen molar-refractivity contribution in [1.29, 1.82) is 0 Å². The molecular weight excluding hydrogens is 352 g/mol. The van der Waals surface area contributed by atoms with Gasteiger partial charge in [0.2, 0.25) is 0 Å². The third-order valence-electron chi connectivity index (χ3n) is 10.3. The van der Waals surface area contributed by atoms with Crippen LogP contribution in [0.15, 0.2) is 22.8 Å². The standard InChI is InChI=1S/C28H44O/c1-18(2)8-7-9-19(3)24-12-13-25-23-11-10-21-17-22(29)16-20(4)28(21,6)26(23)14-15-27(24,25)5/h8,19-21,24-25H,7,9-17H2,1-6H3/t19-,20?,21+,24-,25+,27-,28+/m1/s1. The van der Waals surface area contributed by atoms with Crippen molar-refractivity contribution in [1.82, 2.24) is 0 Å². The summed E-state index contributed by atoms with van der Waals surface area (Å²) in [6.45, 7) is 14.6. The first-order valence-electron chi connectivity index (χ1n) is 12.5. The van der Waals surface area contributed by atoms with Crippen LogP contribution in [0.3, 0.4) is 0 Å². The maximum Gasteiger partial charge on any atom is 0.133 e. The number of hydrogen-bond donors (Lipinski definition) is 0. The van der Waals surface area contributed by atoms with Gasteiger partial charge in [0.05, 0.1) is 0 Å². The highest BCUT2D eigenvalue weighted by molar-refractivity contribution is 5.80. The van der Waals surface area contributed by atoms with Crippen LogP contribution in [-0.2, 0) is 4.79 Å². The maximum absolute atomic E-state index is 12.3. The van der Waals surface area contributed by atoms with Gasteiger partial charge in [-0.05, 0) is 106 Å². The lowest BCUT2D eigenvalue weighted by Crippen LogP contribution is -2.48. The van der Waals surface area contributed by atoms with Gasteiger partial charge < -0.3 is 0 Å². The van der Waals surface area contributed by atoms with Crippen molar-refractivity contribution in [3.63, 3.8) is 0 Å². The van der Waals surface area contributed by atoms with Crippen LogP contribution >= 0.6 is 0 Å². The molecule has 4 aliphatic rings. The van der Waals surface area contributed by atoms with Crippen LogP contribution in [0.25, 0.3) is 0 Å². The molecule has 1 heteroatoms. The molecule has 0 aromatic rings. The molecular formula is C28H44O. The van der Waals surface area contributed by atoms with Crippen molar-refractivity contribution in [3.05, 3.63) is 22.8 Å². The van der Waals surface area contributed by atoms with Gasteiger partial charge in [-0.1, -0.05) is 50.5 Å². The summed E-state index contributed by atoms with van der Waals surface area (Å²) < 4.78 is 0. The Hall–Kier alpha value is -0.850. The van der Waals surface area contributed by atoms with Crippen molar-refractivity contribution in [2.24, 2.45) is 40.4 Å². The molecule has 1 unspecified atom stereocenters. The first-order chi connectivity index (χ1) is 13.7. The fourth-order valence-corrected chi connectivity index (χ4v) is 8.47. The first kappa shape index (κ1) is 21.4. The van der Waals surface area contributed by atoms with E-state index in [2.05, 4.69) is 47.6 Å². The molecule has 0 bridgehead atoms. The van der Waals surface area contributed by atoms with E-state index >= 15 is 0 Å². The normalized spacial score (nSPS) is 42.8. The smallest absolute Gasteiger partial charge is 0.133 e. The van der Waals surface area contributed by atoms with E-state index in [0.29, 0.717) is 28.4 Å². The van der Waals surface area contributed by atoms with Crippen LogP contribution in [0.4, 0.5) is 0 Å². The lowest BCUT2D eigenvalue weighted by molar-refractivity contribution is -0.127. The Kier molecular flexibility index (Phi) is 5.67. The van der Waals surface area contributed by atoms with Gasteiger partial charge in [0, 0.05) is 12.8 Å². The van der Waals surface area contributed by atoms with E-state index in [4.69, 9.17) is 0 Å². The van der Waals surface area contributed by atoms with Crippen LogP contribution < -0.4 is 0 Å². The Morgan fingerprint density at radius 1 is 1.14 bits per heavy atom. The Morgan fingerprint density at radius 3 is 2.62 bits per heavy atom. The molecule has 1 nitrogen and oxygen atoms in total. The molecule has 4 rings (SSSR count). The summed E-state index contributed by atoms with van der Waals surface area (Å²) in [5.41, 5.74) is 5.98. The fourth-order valence-electron chi connectivity index (χ4n) is 8.47. The van der Waals surface area contributed by atoms with Crippen LogP contribution in [0.2, 0.25) is 0 Å². The van der Waals surface area contributed by atoms with Crippen molar-refractivity contribution in [2.75, 3.05) is 0 Å². The second kappa shape index (κ2) is 7.69. The van der Waals surface area contributed by atoms with Gasteiger partial charge in [0.25, 0.3) is 0 Å². The SMILES string of the molecule is CC(C)=CCC[C@@H](C)[C@H]1CC[C@H]2C3=C(CC[C@]12C)[C@@]1(C)C(C)CC(=O)C[C@@H]1CC3. The molecule has 7 atom stereocenters. The highest BCUT2D eigenvalue weighted by Gasteiger charge is 2.57. The van der Waals surface area contributed by atoms with E-state index in [-0.39, 0.29) is 0 Å². The number of carbonyl (C=O) groups excluding carboxylic acids is 1. The van der Waals surface area contributed by atoms with E-state index in [0.717, 1.165) is 30.6 Å². The van der Waals surface area contributed by atoms with Crippen molar-refractivity contribution >= 4 is 5.78 Å². The lowest BCUT2D eigenvalue weighted by atomic mass is 9.48. The predicted octanol–water partition coefficient (Wildman–Crippen LogP) is 7.91. The summed E-state index contributed by atoms with van der Waals surface area (Å²) in [7, 11) is 0. The summed E-state index contributed by atoms with van der Waals surface area (Å²) in [6.07, 6.45) is 14.8. The second-order valence-corrected chi connectivity index (χ2v) is 11.9. The third-order valence-corrected chi connectivity index (χ3v) is 10.3. The molecule has 2 saturated carbocycles. The minimum atomic E-state index is 0.302. The molecule has 29 heavy (non-hydrogen) atoms. The van der Waals surface area contributed by atoms with Crippen LogP contribution in [-0.4, -0.2) is 5.78 Å². The number of Topliss-reactive ketones (excluding diaryl/α,β-unsaturated/α-hetero) is 1. The number of hydrogen-bond acceptors (Lipinski definition) is 1. The molecule has 0 aromatic heterocycles. The minimum Gasteiger partial charge on any atom is -0.300 e. The van der Waals surface area contributed by atoms with Gasteiger partial charge in [-0.15, -0.1) is 0 Å². The number of carbonyl (C=O) groups is 1.